The minimum absolute atomic E-state index is 0.536. The van der Waals surface area contributed by atoms with Crippen LogP contribution in [0.15, 0.2) is 34.5 Å². The van der Waals surface area contributed by atoms with E-state index in [0.29, 0.717) is 10.6 Å². The Morgan fingerprint density at radius 2 is 1.82 bits per heavy atom. The molecule has 1 aromatic rings. The molecule has 17 nitrogen and oxygen atoms in total. The molecular formula is C12H18FN2O15P3. The number of H-pyrrole nitrogens is 1. The van der Waals surface area contributed by atoms with Gasteiger partial charge in [0.1, 0.15) is 12.8 Å². The molecule has 2 heterocycles. The second-order valence-corrected chi connectivity index (χ2v) is 11.0. The monoisotopic (exact) mass is 542 g/mol. The molecule has 188 valence electrons. The van der Waals surface area contributed by atoms with Gasteiger partial charge in [-0.3, -0.25) is 18.9 Å². The van der Waals surface area contributed by atoms with Gasteiger partial charge >= 0.3 is 29.2 Å². The summed E-state index contributed by atoms with van der Waals surface area (Å²) in [5.74, 6) is 0. The summed E-state index contributed by atoms with van der Waals surface area (Å²) in [6, 6.07) is 0.822. The van der Waals surface area contributed by atoms with Crippen molar-refractivity contribution in [3.8, 4) is 0 Å². The summed E-state index contributed by atoms with van der Waals surface area (Å²) in [5.41, 5.74) is -7.38. The van der Waals surface area contributed by atoms with Crippen molar-refractivity contribution >= 4 is 23.5 Å². The number of aliphatic hydroxyl groups is 2. The minimum Gasteiger partial charge on any atom is -0.386 e. The molecular weight excluding hydrogens is 524 g/mol. The van der Waals surface area contributed by atoms with E-state index in [-0.39, 0.29) is 0 Å². The van der Waals surface area contributed by atoms with Gasteiger partial charge in [-0.15, -0.1) is 0 Å². The Bertz CT molecular complexity index is 1160. The van der Waals surface area contributed by atoms with E-state index in [4.69, 9.17) is 19.4 Å². The minimum atomic E-state index is -5.89. The summed E-state index contributed by atoms with van der Waals surface area (Å²) in [7, 11) is -17.3. The van der Waals surface area contributed by atoms with E-state index in [1.807, 2.05) is 4.98 Å². The molecule has 2 rings (SSSR count). The lowest BCUT2D eigenvalue weighted by Crippen LogP contribution is -2.53. The maximum Gasteiger partial charge on any atom is 0.490 e. The van der Waals surface area contributed by atoms with Crippen LogP contribution in [-0.4, -0.2) is 69.9 Å². The zero-order valence-electron chi connectivity index (χ0n) is 16.0. The van der Waals surface area contributed by atoms with Crippen LogP contribution in [0, 0.1) is 0 Å². The molecule has 1 saturated heterocycles. The lowest BCUT2D eigenvalue weighted by Gasteiger charge is -2.31. The molecule has 6 atom stereocenters. The zero-order chi connectivity index (χ0) is 25.5. The first-order valence-corrected chi connectivity index (χ1v) is 12.8. The molecule has 4 unspecified atom stereocenters. The summed E-state index contributed by atoms with van der Waals surface area (Å²) >= 11 is 0. The van der Waals surface area contributed by atoms with E-state index in [0.717, 1.165) is 12.3 Å². The number of nitrogens with one attached hydrogen (secondary N) is 1. The number of phosphoric ester groups is 1. The van der Waals surface area contributed by atoms with Crippen molar-refractivity contribution in [2.24, 2.45) is 0 Å². The fourth-order valence-electron chi connectivity index (χ4n) is 2.79. The van der Waals surface area contributed by atoms with Gasteiger partial charge < -0.3 is 34.5 Å². The Labute approximate surface area is 182 Å². The largest absolute Gasteiger partial charge is 0.490 e. The van der Waals surface area contributed by atoms with E-state index in [1.165, 1.54) is 0 Å². The topological polar surface area (TPSA) is 264 Å². The van der Waals surface area contributed by atoms with Gasteiger partial charge in [0.05, 0.1) is 6.61 Å². The predicted molar refractivity (Wildman–Crippen MR) is 101 cm³/mol. The fourth-order valence-corrected chi connectivity index (χ4v) is 5.87. The smallest absolute Gasteiger partial charge is 0.386 e. The van der Waals surface area contributed by atoms with Gasteiger partial charge in [0.2, 0.25) is 0 Å². The molecule has 33 heavy (non-hydrogen) atoms. The van der Waals surface area contributed by atoms with Crippen molar-refractivity contribution in [2.75, 3.05) is 13.3 Å². The molecule has 0 aliphatic carbocycles. The van der Waals surface area contributed by atoms with Gasteiger partial charge in [-0.2, -0.15) is 8.62 Å². The lowest BCUT2D eigenvalue weighted by molar-refractivity contribution is -0.137. The maximum absolute atomic E-state index is 14.0. The standard InChI is InChI=1S/C12H18FN2O15P3/c1-2-12(19)8(17)11(5-13,28-9(12)15-4-3-7(16)14-10(15)18)6-27-32(23,24)30-33(25,26)29-31(20,21)22/h2-4,8-9,17,19H,1,5-6H2,(H,23,24)(H,25,26)(H,14,16,18)(H2,20,21,22)/t8?,9?,11-,12-/m1/s1. The molecule has 0 bridgehead atoms. The third-order valence-electron chi connectivity index (χ3n) is 4.22. The highest BCUT2D eigenvalue weighted by Gasteiger charge is 2.64. The lowest BCUT2D eigenvalue weighted by atomic mass is 9.87. The van der Waals surface area contributed by atoms with Crippen molar-refractivity contribution in [2.45, 2.75) is 23.5 Å². The molecule has 0 spiro atoms. The van der Waals surface area contributed by atoms with Crippen LogP contribution in [0.1, 0.15) is 6.23 Å². The van der Waals surface area contributed by atoms with Crippen LogP contribution < -0.4 is 11.2 Å². The van der Waals surface area contributed by atoms with Crippen LogP contribution >= 0.6 is 23.5 Å². The summed E-state index contributed by atoms with van der Waals surface area (Å²) in [4.78, 5) is 60.8. The third-order valence-corrected chi connectivity index (χ3v) is 8.01. The number of hydrogen-bond acceptors (Lipinski definition) is 11. The second kappa shape index (κ2) is 9.36. The highest BCUT2D eigenvalue weighted by atomic mass is 31.3. The molecule has 0 aromatic carbocycles. The molecule has 1 aromatic heterocycles. The van der Waals surface area contributed by atoms with E-state index in [9.17, 15) is 42.8 Å². The van der Waals surface area contributed by atoms with Crippen molar-refractivity contribution in [3.05, 3.63) is 45.8 Å². The zero-order valence-corrected chi connectivity index (χ0v) is 18.7. The van der Waals surface area contributed by atoms with Crippen molar-refractivity contribution in [1.82, 2.24) is 9.55 Å². The molecule has 0 saturated carbocycles. The van der Waals surface area contributed by atoms with Gasteiger partial charge in [0, 0.05) is 12.3 Å². The number of alkyl halides is 1. The van der Waals surface area contributed by atoms with Crippen LogP contribution in [0.3, 0.4) is 0 Å². The number of aromatic amines is 1. The Balaban J connectivity index is 2.34. The van der Waals surface area contributed by atoms with Crippen LogP contribution in [0.25, 0.3) is 0 Å². The average Bonchev–Trinajstić information content (AvgIpc) is 2.86. The molecule has 1 aliphatic rings. The summed E-state index contributed by atoms with van der Waals surface area (Å²) in [6.45, 7) is 0.00707. The Morgan fingerprint density at radius 3 is 2.30 bits per heavy atom. The number of phosphoric acid groups is 3. The number of rotatable bonds is 10. The normalized spacial score (nSPS) is 31.6. The summed E-state index contributed by atoms with van der Waals surface area (Å²) < 4.78 is 65.0. The SMILES string of the molecule is C=C[C@]1(O)C(n2ccc(=O)[nH]c2=O)O[C@](CF)(COP(=O)(O)OP(=O)(O)OP(=O)(O)O)C1O. The number of aromatic nitrogens is 2. The van der Waals surface area contributed by atoms with E-state index in [1.54, 1.807) is 0 Å². The quantitative estimate of drug-likeness (QED) is 0.130. The van der Waals surface area contributed by atoms with Gasteiger partial charge in [0.15, 0.2) is 17.4 Å². The first-order chi connectivity index (χ1) is 14.9. The molecule has 1 aliphatic heterocycles. The van der Waals surface area contributed by atoms with Crippen molar-refractivity contribution in [3.63, 3.8) is 0 Å². The van der Waals surface area contributed by atoms with Crippen LogP contribution in [0.2, 0.25) is 0 Å². The van der Waals surface area contributed by atoms with Gasteiger partial charge in [0.25, 0.3) is 5.56 Å². The Hall–Kier alpha value is -1.36. The highest BCUT2D eigenvalue weighted by molar-refractivity contribution is 7.66. The third kappa shape index (κ3) is 6.21. The van der Waals surface area contributed by atoms with Gasteiger partial charge in [-0.05, 0) is 0 Å². The summed E-state index contributed by atoms with van der Waals surface area (Å²) in [5, 5.41) is 21.3. The summed E-state index contributed by atoms with van der Waals surface area (Å²) in [6.07, 6.45) is -2.84. The molecule has 21 heteroatoms. The number of hydrogen-bond donors (Lipinski definition) is 7. The number of aliphatic hydroxyl groups excluding tert-OH is 1. The van der Waals surface area contributed by atoms with E-state index in [2.05, 4.69) is 19.7 Å². The Morgan fingerprint density at radius 1 is 1.21 bits per heavy atom. The van der Waals surface area contributed by atoms with Gasteiger partial charge in [-0.25, -0.2) is 22.9 Å². The van der Waals surface area contributed by atoms with Crippen molar-refractivity contribution < 1.29 is 65.8 Å². The first kappa shape index (κ1) is 27.9. The van der Waals surface area contributed by atoms with Crippen LogP contribution in [-0.2, 0) is 31.6 Å². The number of ether oxygens (including phenoxy) is 1. The van der Waals surface area contributed by atoms with Crippen molar-refractivity contribution in [1.29, 1.82) is 0 Å². The van der Waals surface area contributed by atoms with Crippen LogP contribution in [0.4, 0.5) is 4.39 Å². The maximum atomic E-state index is 14.0. The number of nitrogens with zero attached hydrogens (tertiary/aromatic N) is 1. The first-order valence-electron chi connectivity index (χ1n) is 8.28. The van der Waals surface area contributed by atoms with E-state index < -0.39 is 71.5 Å². The number of halogens is 1. The predicted octanol–water partition coefficient (Wildman–Crippen LogP) is -1.61. The van der Waals surface area contributed by atoms with E-state index >= 15 is 0 Å². The molecule has 7 N–H and O–H groups in total. The molecule has 0 radical (unpaired) electrons. The fraction of sp³-hybridized carbons (Fsp3) is 0.500. The molecule has 0 amide bonds. The Kier molecular flexibility index (Phi) is 7.90. The van der Waals surface area contributed by atoms with Crippen LogP contribution in [0.5, 0.6) is 0 Å². The second-order valence-electron chi connectivity index (χ2n) is 6.54. The highest BCUT2D eigenvalue weighted by Crippen LogP contribution is 2.66. The average molecular weight is 542 g/mol. The molecule has 1 fully saturated rings. The van der Waals surface area contributed by atoms with Gasteiger partial charge in [-0.1, -0.05) is 12.7 Å².